The lowest BCUT2D eigenvalue weighted by atomic mass is 10.0. The molecule has 1 aromatic carbocycles. The van der Waals surface area contributed by atoms with E-state index in [4.69, 9.17) is 14.7 Å². The van der Waals surface area contributed by atoms with Gasteiger partial charge in [-0.05, 0) is 24.6 Å². The fourth-order valence-corrected chi connectivity index (χ4v) is 4.19. The SMILES string of the molecule is COc1cncc2nc(-c3ccnc(NC(=O)C(C)c4ccccc4)c3)nc(N3CCNCC3)c12. The number of carbonyl (C=O) groups excluding carboxylic acids is 1. The van der Waals surface area contributed by atoms with Crippen molar-refractivity contribution in [3.05, 3.63) is 66.6 Å². The standard InChI is InChI=1S/C26H27N7O2/c1-17(18-6-4-3-5-7-18)26(34)31-22-14-19(8-9-29-22)24-30-20-15-28-16-21(35-2)23(20)25(32-24)33-12-10-27-11-13-33/h3-9,14-17,27H,10-13H2,1-2H3,(H,29,31,34). The molecular weight excluding hydrogens is 442 g/mol. The summed E-state index contributed by atoms with van der Waals surface area (Å²) in [5, 5.41) is 7.14. The van der Waals surface area contributed by atoms with Crippen LogP contribution in [0.25, 0.3) is 22.3 Å². The first-order valence-corrected chi connectivity index (χ1v) is 11.6. The highest BCUT2D eigenvalue weighted by Gasteiger charge is 2.21. The Labute approximate surface area is 203 Å². The van der Waals surface area contributed by atoms with Crippen LogP contribution in [0.4, 0.5) is 11.6 Å². The van der Waals surface area contributed by atoms with Crippen molar-refractivity contribution in [3.63, 3.8) is 0 Å². The van der Waals surface area contributed by atoms with E-state index in [1.807, 2.05) is 43.3 Å². The molecular formula is C26H27N7O2. The summed E-state index contributed by atoms with van der Waals surface area (Å²) in [6.45, 7) is 5.28. The number of rotatable bonds is 6. The molecule has 1 unspecified atom stereocenters. The molecule has 35 heavy (non-hydrogen) atoms. The number of anilines is 2. The van der Waals surface area contributed by atoms with Crippen molar-refractivity contribution in [1.82, 2.24) is 25.3 Å². The summed E-state index contributed by atoms with van der Waals surface area (Å²) in [6.07, 6.45) is 5.06. The van der Waals surface area contributed by atoms with Crippen molar-refractivity contribution < 1.29 is 9.53 Å². The first-order chi connectivity index (χ1) is 17.1. The van der Waals surface area contributed by atoms with E-state index < -0.39 is 0 Å². The van der Waals surface area contributed by atoms with Crippen molar-refractivity contribution in [3.8, 4) is 17.1 Å². The summed E-state index contributed by atoms with van der Waals surface area (Å²) >= 11 is 0. The number of hydrogen-bond donors (Lipinski definition) is 2. The molecule has 0 saturated carbocycles. The molecule has 4 aromatic rings. The van der Waals surface area contributed by atoms with Crippen molar-refractivity contribution >= 4 is 28.4 Å². The van der Waals surface area contributed by atoms with Gasteiger partial charge in [0.1, 0.15) is 17.4 Å². The Morgan fingerprint density at radius 1 is 1.11 bits per heavy atom. The van der Waals surface area contributed by atoms with E-state index in [-0.39, 0.29) is 11.8 Å². The van der Waals surface area contributed by atoms with Crippen LogP contribution in [0.1, 0.15) is 18.4 Å². The number of fused-ring (bicyclic) bond motifs is 1. The van der Waals surface area contributed by atoms with Crippen molar-refractivity contribution in [1.29, 1.82) is 0 Å². The highest BCUT2D eigenvalue weighted by atomic mass is 16.5. The van der Waals surface area contributed by atoms with E-state index in [1.165, 1.54) is 0 Å². The maximum Gasteiger partial charge on any atom is 0.232 e. The fourth-order valence-electron chi connectivity index (χ4n) is 4.19. The number of nitrogens with one attached hydrogen (secondary N) is 2. The predicted molar refractivity (Wildman–Crippen MR) is 136 cm³/mol. The van der Waals surface area contributed by atoms with Gasteiger partial charge in [0, 0.05) is 37.9 Å². The lowest BCUT2D eigenvalue weighted by molar-refractivity contribution is -0.117. The molecule has 0 radical (unpaired) electrons. The number of amides is 1. The van der Waals surface area contributed by atoms with Gasteiger partial charge in [-0.15, -0.1) is 0 Å². The van der Waals surface area contributed by atoms with Gasteiger partial charge in [0.25, 0.3) is 0 Å². The van der Waals surface area contributed by atoms with Gasteiger partial charge in [0.15, 0.2) is 5.82 Å². The molecule has 178 valence electrons. The van der Waals surface area contributed by atoms with E-state index in [2.05, 4.69) is 25.5 Å². The van der Waals surface area contributed by atoms with Crippen LogP contribution in [-0.2, 0) is 4.79 Å². The van der Waals surface area contributed by atoms with Crippen LogP contribution in [0.3, 0.4) is 0 Å². The molecule has 2 N–H and O–H groups in total. The Morgan fingerprint density at radius 2 is 1.91 bits per heavy atom. The number of ether oxygens (including phenoxy) is 1. The van der Waals surface area contributed by atoms with Crippen LogP contribution in [0.15, 0.2) is 61.1 Å². The first kappa shape index (κ1) is 22.7. The molecule has 1 aliphatic rings. The number of aromatic nitrogens is 4. The molecule has 4 heterocycles. The minimum atomic E-state index is -0.309. The molecule has 1 fully saturated rings. The van der Waals surface area contributed by atoms with Crippen molar-refractivity contribution in [2.75, 3.05) is 43.5 Å². The third-order valence-electron chi connectivity index (χ3n) is 6.15. The van der Waals surface area contributed by atoms with Crippen LogP contribution < -0.4 is 20.3 Å². The normalized spacial score (nSPS) is 14.5. The number of methoxy groups -OCH3 is 1. The van der Waals surface area contributed by atoms with E-state index >= 15 is 0 Å². The maximum atomic E-state index is 12.8. The summed E-state index contributed by atoms with van der Waals surface area (Å²) in [5.41, 5.74) is 2.40. The average Bonchev–Trinajstić information content (AvgIpc) is 2.92. The Hall–Kier alpha value is -4.11. The summed E-state index contributed by atoms with van der Waals surface area (Å²) in [5.74, 6) is 2.00. The molecule has 1 atom stereocenters. The number of hydrogen-bond acceptors (Lipinski definition) is 8. The summed E-state index contributed by atoms with van der Waals surface area (Å²) in [4.78, 5) is 33.4. The monoisotopic (exact) mass is 469 g/mol. The highest BCUT2D eigenvalue weighted by molar-refractivity contribution is 5.97. The lowest BCUT2D eigenvalue weighted by Gasteiger charge is -2.29. The zero-order chi connectivity index (χ0) is 24.2. The number of nitrogens with zero attached hydrogens (tertiary/aromatic N) is 5. The molecule has 0 spiro atoms. The largest absolute Gasteiger partial charge is 0.494 e. The average molecular weight is 470 g/mol. The second-order valence-electron chi connectivity index (χ2n) is 8.40. The number of benzene rings is 1. The van der Waals surface area contributed by atoms with Gasteiger partial charge in [-0.25, -0.2) is 15.0 Å². The van der Waals surface area contributed by atoms with Crippen LogP contribution in [0.5, 0.6) is 5.75 Å². The number of piperazine rings is 1. The zero-order valence-corrected chi connectivity index (χ0v) is 19.7. The van der Waals surface area contributed by atoms with Crippen molar-refractivity contribution in [2.45, 2.75) is 12.8 Å². The summed E-state index contributed by atoms with van der Waals surface area (Å²) < 4.78 is 5.58. The molecule has 1 amide bonds. The third kappa shape index (κ3) is 4.76. The van der Waals surface area contributed by atoms with Crippen LogP contribution in [-0.4, -0.2) is 59.1 Å². The quantitative estimate of drug-likeness (QED) is 0.443. The van der Waals surface area contributed by atoms with Crippen LogP contribution >= 0.6 is 0 Å². The molecule has 0 bridgehead atoms. The minimum Gasteiger partial charge on any atom is -0.494 e. The molecule has 1 aliphatic heterocycles. The molecule has 5 rings (SSSR count). The van der Waals surface area contributed by atoms with Gasteiger partial charge in [0.2, 0.25) is 5.91 Å². The van der Waals surface area contributed by atoms with Gasteiger partial charge >= 0.3 is 0 Å². The Balaban J connectivity index is 1.50. The molecule has 9 nitrogen and oxygen atoms in total. The minimum absolute atomic E-state index is 0.129. The summed E-state index contributed by atoms with van der Waals surface area (Å²) in [6, 6.07) is 13.3. The molecule has 1 saturated heterocycles. The molecule has 9 heteroatoms. The van der Waals surface area contributed by atoms with Gasteiger partial charge in [-0.3, -0.25) is 9.78 Å². The maximum absolute atomic E-state index is 12.8. The molecule has 0 aliphatic carbocycles. The smallest absolute Gasteiger partial charge is 0.232 e. The van der Waals surface area contributed by atoms with Gasteiger partial charge in [0.05, 0.1) is 36.3 Å². The van der Waals surface area contributed by atoms with Gasteiger partial charge in [-0.2, -0.15) is 0 Å². The van der Waals surface area contributed by atoms with E-state index in [1.54, 1.807) is 31.8 Å². The summed E-state index contributed by atoms with van der Waals surface area (Å²) in [7, 11) is 1.63. The first-order valence-electron chi connectivity index (χ1n) is 11.6. The lowest BCUT2D eigenvalue weighted by Crippen LogP contribution is -2.44. The predicted octanol–water partition coefficient (Wildman–Crippen LogP) is 3.25. The van der Waals surface area contributed by atoms with E-state index in [0.29, 0.717) is 22.9 Å². The van der Waals surface area contributed by atoms with Crippen LogP contribution in [0, 0.1) is 0 Å². The number of pyridine rings is 2. The van der Waals surface area contributed by atoms with E-state index in [0.717, 1.165) is 48.5 Å². The molecule has 3 aromatic heterocycles. The van der Waals surface area contributed by atoms with Crippen molar-refractivity contribution in [2.24, 2.45) is 0 Å². The Morgan fingerprint density at radius 3 is 2.69 bits per heavy atom. The van der Waals surface area contributed by atoms with Crippen LogP contribution in [0.2, 0.25) is 0 Å². The third-order valence-corrected chi connectivity index (χ3v) is 6.15. The Bertz CT molecular complexity index is 1340. The topological polar surface area (TPSA) is 105 Å². The van der Waals surface area contributed by atoms with Gasteiger partial charge < -0.3 is 20.3 Å². The van der Waals surface area contributed by atoms with E-state index in [9.17, 15) is 4.79 Å². The van der Waals surface area contributed by atoms with Gasteiger partial charge in [-0.1, -0.05) is 30.3 Å². The highest BCUT2D eigenvalue weighted by Crippen LogP contribution is 2.34. The second-order valence-corrected chi connectivity index (χ2v) is 8.40. The fraction of sp³-hybridized carbons (Fsp3) is 0.269. The Kier molecular flexibility index (Phi) is 6.49. The second kappa shape index (κ2) is 10.0. The number of carbonyl (C=O) groups is 1. The zero-order valence-electron chi connectivity index (χ0n) is 19.7.